The highest BCUT2D eigenvalue weighted by Crippen LogP contribution is 2.27. The molecular formula is C24H20ClN3O. The van der Waals surface area contributed by atoms with Crippen LogP contribution in [-0.4, -0.2) is 15.9 Å². The maximum absolute atomic E-state index is 13.3. The molecule has 0 aliphatic heterocycles. The van der Waals surface area contributed by atoms with Crippen LogP contribution in [0.5, 0.6) is 0 Å². The number of benzene rings is 2. The molecule has 0 aliphatic carbocycles. The summed E-state index contributed by atoms with van der Waals surface area (Å²) >= 11 is 6.21. The van der Waals surface area contributed by atoms with Crippen LogP contribution in [0.4, 0.5) is 0 Å². The van der Waals surface area contributed by atoms with Gasteiger partial charge in [-0.25, -0.2) is 4.98 Å². The van der Waals surface area contributed by atoms with E-state index in [1.165, 1.54) is 0 Å². The van der Waals surface area contributed by atoms with E-state index in [0.29, 0.717) is 10.6 Å². The topological polar surface area (TPSA) is 54.9 Å². The van der Waals surface area contributed by atoms with E-state index >= 15 is 0 Å². The molecule has 2 aromatic heterocycles. The summed E-state index contributed by atoms with van der Waals surface area (Å²) in [5, 5.41) is 4.47. The maximum atomic E-state index is 13.3. The van der Waals surface area contributed by atoms with E-state index in [1.807, 2.05) is 54.6 Å². The molecule has 5 heteroatoms. The number of aromatic nitrogens is 2. The minimum atomic E-state index is -0.148. The molecular weight excluding hydrogens is 382 g/mol. The predicted octanol–water partition coefficient (Wildman–Crippen LogP) is 5.83. The predicted molar refractivity (Wildman–Crippen MR) is 117 cm³/mol. The van der Waals surface area contributed by atoms with Crippen molar-refractivity contribution in [3.8, 4) is 11.3 Å². The summed E-state index contributed by atoms with van der Waals surface area (Å²) in [5.41, 5.74) is 3.98. The van der Waals surface area contributed by atoms with E-state index in [1.54, 1.807) is 24.5 Å². The van der Waals surface area contributed by atoms with Crippen LogP contribution in [0, 0.1) is 0 Å². The molecule has 144 valence electrons. The van der Waals surface area contributed by atoms with E-state index in [9.17, 15) is 4.79 Å². The molecule has 2 heterocycles. The first-order chi connectivity index (χ1) is 14.2. The molecule has 4 nitrogen and oxygen atoms in total. The van der Waals surface area contributed by atoms with Crippen LogP contribution >= 0.6 is 11.6 Å². The zero-order chi connectivity index (χ0) is 20.2. The van der Waals surface area contributed by atoms with Gasteiger partial charge >= 0.3 is 0 Å². The largest absolute Gasteiger partial charge is 0.345 e. The molecule has 0 unspecified atom stereocenters. The quantitative estimate of drug-likeness (QED) is 0.457. The second kappa shape index (κ2) is 8.41. The van der Waals surface area contributed by atoms with Crippen molar-refractivity contribution in [3.63, 3.8) is 0 Å². The minimum Gasteiger partial charge on any atom is -0.345 e. The molecule has 0 saturated heterocycles. The smallest absolute Gasteiger partial charge is 0.252 e. The molecule has 0 fully saturated rings. The summed E-state index contributed by atoms with van der Waals surface area (Å²) in [7, 11) is 0. The summed E-state index contributed by atoms with van der Waals surface area (Å²) < 4.78 is 0. The zero-order valence-electron chi connectivity index (χ0n) is 16.0. The Balaban J connectivity index is 1.78. The van der Waals surface area contributed by atoms with Crippen LogP contribution in [0.15, 0.2) is 79.1 Å². The Morgan fingerprint density at radius 3 is 2.52 bits per heavy atom. The standard InChI is InChI=1S/C24H20ClN3O/c1-2-21(16-6-4-3-5-7-16)28-24(29)20-15-23(17-10-12-26-13-11-17)27-22-9-8-18(25)14-19(20)22/h3-15,21H,2H2,1H3,(H,28,29)/t21-/m0/s1. The van der Waals surface area contributed by atoms with Crippen molar-refractivity contribution in [2.24, 2.45) is 0 Å². The van der Waals surface area contributed by atoms with Gasteiger partial charge < -0.3 is 5.32 Å². The monoisotopic (exact) mass is 401 g/mol. The van der Waals surface area contributed by atoms with Crippen molar-refractivity contribution >= 4 is 28.4 Å². The van der Waals surface area contributed by atoms with E-state index < -0.39 is 0 Å². The van der Waals surface area contributed by atoms with E-state index in [-0.39, 0.29) is 11.9 Å². The number of hydrogen-bond acceptors (Lipinski definition) is 3. The van der Waals surface area contributed by atoms with Gasteiger partial charge in [-0.05, 0) is 48.4 Å². The van der Waals surface area contributed by atoms with Crippen molar-refractivity contribution in [3.05, 3.63) is 95.3 Å². The second-order valence-electron chi connectivity index (χ2n) is 6.80. The van der Waals surface area contributed by atoms with Gasteiger partial charge in [-0.2, -0.15) is 0 Å². The number of halogens is 1. The van der Waals surface area contributed by atoms with Gasteiger partial charge in [0.05, 0.1) is 22.8 Å². The Morgan fingerprint density at radius 1 is 1.03 bits per heavy atom. The summed E-state index contributed by atoms with van der Waals surface area (Å²) in [6, 6.07) is 20.9. The number of carbonyl (C=O) groups excluding carboxylic acids is 1. The summed E-state index contributed by atoms with van der Waals surface area (Å²) in [6.45, 7) is 2.06. The number of rotatable bonds is 5. The van der Waals surface area contributed by atoms with Crippen LogP contribution in [0.3, 0.4) is 0 Å². The van der Waals surface area contributed by atoms with Gasteiger partial charge in [0.25, 0.3) is 5.91 Å². The lowest BCUT2D eigenvalue weighted by atomic mass is 10.0. The first-order valence-electron chi connectivity index (χ1n) is 9.52. The van der Waals surface area contributed by atoms with E-state index in [2.05, 4.69) is 17.2 Å². The highest BCUT2D eigenvalue weighted by atomic mass is 35.5. The second-order valence-corrected chi connectivity index (χ2v) is 7.23. The number of nitrogens with zero attached hydrogens (tertiary/aromatic N) is 2. The number of nitrogens with one attached hydrogen (secondary N) is 1. The van der Waals surface area contributed by atoms with Gasteiger partial charge in [0, 0.05) is 28.4 Å². The molecule has 0 aliphatic rings. The number of pyridine rings is 2. The lowest BCUT2D eigenvalue weighted by Gasteiger charge is -2.18. The van der Waals surface area contributed by atoms with Gasteiger partial charge in [0.15, 0.2) is 0 Å². The van der Waals surface area contributed by atoms with Gasteiger partial charge in [0.1, 0.15) is 0 Å². The fourth-order valence-electron chi connectivity index (χ4n) is 3.40. The van der Waals surface area contributed by atoms with Gasteiger partial charge in [0.2, 0.25) is 0 Å². The number of carbonyl (C=O) groups is 1. The van der Waals surface area contributed by atoms with Crippen molar-refractivity contribution < 1.29 is 4.79 Å². The van der Waals surface area contributed by atoms with E-state index in [0.717, 1.165) is 34.1 Å². The fourth-order valence-corrected chi connectivity index (χ4v) is 3.57. The first kappa shape index (κ1) is 19.1. The molecule has 29 heavy (non-hydrogen) atoms. The third kappa shape index (κ3) is 4.13. The van der Waals surface area contributed by atoms with Crippen LogP contribution in [0.1, 0.15) is 35.3 Å². The van der Waals surface area contributed by atoms with E-state index in [4.69, 9.17) is 16.6 Å². The molecule has 0 bridgehead atoms. The van der Waals surface area contributed by atoms with Gasteiger partial charge in [-0.1, -0.05) is 48.9 Å². The van der Waals surface area contributed by atoms with Gasteiger partial charge in [-0.3, -0.25) is 9.78 Å². The lowest BCUT2D eigenvalue weighted by molar-refractivity contribution is 0.0937. The zero-order valence-corrected chi connectivity index (χ0v) is 16.7. The SMILES string of the molecule is CC[C@H](NC(=O)c1cc(-c2ccncc2)nc2ccc(Cl)cc12)c1ccccc1. The third-order valence-corrected chi connectivity index (χ3v) is 5.14. The van der Waals surface area contributed by atoms with Crippen molar-refractivity contribution in [2.75, 3.05) is 0 Å². The van der Waals surface area contributed by atoms with Crippen LogP contribution in [-0.2, 0) is 0 Å². The molecule has 1 N–H and O–H groups in total. The Hall–Kier alpha value is -3.24. The summed E-state index contributed by atoms with van der Waals surface area (Å²) in [4.78, 5) is 22.1. The molecule has 0 spiro atoms. The van der Waals surface area contributed by atoms with Crippen molar-refractivity contribution in [2.45, 2.75) is 19.4 Å². The Labute approximate surface area is 174 Å². The number of fused-ring (bicyclic) bond motifs is 1. The molecule has 0 saturated carbocycles. The minimum absolute atomic E-state index is 0.0736. The first-order valence-corrected chi connectivity index (χ1v) is 9.90. The molecule has 0 radical (unpaired) electrons. The molecule has 2 aromatic carbocycles. The Bertz CT molecular complexity index is 1150. The average Bonchev–Trinajstić information content (AvgIpc) is 2.77. The van der Waals surface area contributed by atoms with Crippen LogP contribution in [0.2, 0.25) is 5.02 Å². The number of hydrogen-bond donors (Lipinski definition) is 1. The van der Waals surface area contributed by atoms with Crippen molar-refractivity contribution in [1.29, 1.82) is 0 Å². The number of amides is 1. The molecule has 1 atom stereocenters. The highest BCUT2D eigenvalue weighted by Gasteiger charge is 2.18. The molecule has 4 aromatic rings. The van der Waals surface area contributed by atoms with Crippen molar-refractivity contribution in [1.82, 2.24) is 15.3 Å². The average molecular weight is 402 g/mol. The molecule has 1 amide bonds. The summed E-state index contributed by atoms with van der Waals surface area (Å²) in [6.07, 6.45) is 4.22. The lowest BCUT2D eigenvalue weighted by Crippen LogP contribution is -2.28. The highest BCUT2D eigenvalue weighted by molar-refractivity contribution is 6.31. The molecule has 4 rings (SSSR count). The third-order valence-electron chi connectivity index (χ3n) is 4.91. The summed E-state index contributed by atoms with van der Waals surface area (Å²) in [5.74, 6) is -0.148. The van der Waals surface area contributed by atoms with Gasteiger partial charge in [-0.15, -0.1) is 0 Å². The fraction of sp³-hybridized carbons (Fsp3) is 0.125. The normalized spacial score (nSPS) is 11.9. The Kier molecular flexibility index (Phi) is 5.54. The van der Waals surface area contributed by atoms with Crippen LogP contribution < -0.4 is 5.32 Å². The maximum Gasteiger partial charge on any atom is 0.252 e. The Morgan fingerprint density at radius 2 is 1.79 bits per heavy atom. The van der Waals surface area contributed by atoms with Crippen LogP contribution in [0.25, 0.3) is 22.2 Å².